The van der Waals surface area contributed by atoms with Crippen LogP contribution in [0.3, 0.4) is 0 Å². The summed E-state index contributed by atoms with van der Waals surface area (Å²) in [7, 11) is -1.44. The number of nitrogens with zero attached hydrogens (tertiary/aromatic N) is 4. The Kier molecular flexibility index (Phi) is 5.83. The lowest BCUT2D eigenvalue weighted by molar-refractivity contribution is 0.447. The molecule has 7 nitrogen and oxygen atoms in total. The molecule has 0 radical (unpaired) electrons. The Morgan fingerprint density at radius 3 is 2.81 bits per heavy atom. The molecule has 0 unspecified atom stereocenters. The van der Waals surface area contributed by atoms with Gasteiger partial charge in [-0.3, -0.25) is 4.98 Å². The lowest BCUT2D eigenvalue weighted by atomic mass is 9.96. The Bertz CT molecular complexity index is 836. The van der Waals surface area contributed by atoms with Gasteiger partial charge in [-0.05, 0) is 31.5 Å². The van der Waals surface area contributed by atoms with Crippen molar-refractivity contribution in [2.24, 2.45) is 0 Å². The van der Waals surface area contributed by atoms with E-state index in [1.165, 1.54) is 12.5 Å². The Labute approximate surface area is 154 Å². The highest BCUT2D eigenvalue weighted by molar-refractivity contribution is 7.90. The van der Waals surface area contributed by atoms with Crippen molar-refractivity contribution in [2.45, 2.75) is 30.1 Å². The third-order valence-corrected chi connectivity index (χ3v) is 5.74. The molecular weight excluding hydrogens is 350 g/mol. The average Bonchev–Trinajstić information content (AvgIpc) is 2.66. The van der Waals surface area contributed by atoms with E-state index in [9.17, 15) is 8.42 Å². The lowest BCUT2D eigenvalue weighted by Crippen LogP contribution is -2.31. The van der Waals surface area contributed by atoms with Crippen LogP contribution in [0.2, 0.25) is 0 Å². The monoisotopic (exact) mass is 375 g/mol. The van der Waals surface area contributed by atoms with Crippen LogP contribution >= 0.6 is 0 Å². The van der Waals surface area contributed by atoms with E-state index in [2.05, 4.69) is 20.3 Å². The molecule has 8 heteroatoms. The number of aromatic nitrogens is 3. The average molecular weight is 375 g/mol. The normalized spacial score (nSPS) is 17.8. The molecule has 1 N–H and O–H groups in total. The minimum absolute atomic E-state index is 0.0967. The van der Waals surface area contributed by atoms with Crippen LogP contribution in [0.4, 0.5) is 5.95 Å². The first-order valence-corrected chi connectivity index (χ1v) is 10.7. The molecule has 1 saturated heterocycles. The topological polar surface area (TPSA) is 88.1 Å². The van der Waals surface area contributed by atoms with Gasteiger partial charge in [0.2, 0.25) is 5.95 Å². The number of piperidine rings is 1. The van der Waals surface area contributed by atoms with Gasteiger partial charge >= 0.3 is 0 Å². The van der Waals surface area contributed by atoms with E-state index in [1.807, 2.05) is 30.1 Å². The summed E-state index contributed by atoms with van der Waals surface area (Å²) in [6.07, 6.45) is 7.18. The van der Waals surface area contributed by atoms with Crippen LogP contribution in [0.15, 0.2) is 35.5 Å². The predicted molar refractivity (Wildman–Crippen MR) is 101 cm³/mol. The van der Waals surface area contributed by atoms with Crippen LogP contribution < -0.4 is 10.2 Å². The molecule has 0 aromatic carbocycles. The minimum Gasteiger partial charge on any atom is -0.343 e. The van der Waals surface area contributed by atoms with E-state index in [4.69, 9.17) is 0 Å². The van der Waals surface area contributed by atoms with E-state index in [1.54, 1.807) is 6.20 Å². The van der Waals surface area contributed by atoms with Crippen molar-refractivity contribution in [1.82, 2.24) is 20.3 Å². The van der Waals surface area contributed by atoms with Gasteiger partial charge in [-0.25, -0.2) is 18.4 Å². The summed E-state index contributed by atoms with van der Waals surface area (Å²) in [5, 5.41) is 3.33. The van der Waals surface area contributed by atoms with Gasteiger partial charge in [0.1, 0.15) is 4.90 Å². The zero-order valence-electron chi connectivity index (χ0n) is 15.2. The molecule has 0 amide bonds. The summed E-state index contributed by atoms with van der Waals surface area (Å²) >= 11 is 0. The summed E-state index contributed by atoms with van der Waals surface area (Å²) in [6.45, 7) is 2.42. The molecule has 1 fully saturated rings. The molecule has 3 heterocycles. The standard InChI is InChI=1S/C18H25N5O2S/c1-23(11-8-15-7-3-4-10-20-15)18-21-13-16(26(2,24)25)17(22-18)14-6-5-9-19-12-14/h3-4,7,10,13-14,19H,5-6,8-9,11-12H2,1-2H3/t14-/m0/s1. The van der Waals surface area contributed by atoms with Crippen LogP contribution in [0.5, 0.6) is 0 Å². The Morgan fingerprint density at radius 2 is 2.15 bits per heavy atom. The zero-order chi connectivity index (χ0) is 18.6. The maximum absolute atomic E-state index is 12.2. The van der Waals surface area contributed by atoms with E-state index in [-0.39, 0.29) is 10.8 Å². The van der Waals surface area contributed by atoms with Gasteiger partial charge in [0.25, 0.3) is 0 Å². The third kappa shape index (κ3) is 4.56. The molecule has 1 atom stereocenters. The van der Waals surface area contributed by atoms with Gasteiger partial charge < -0.3 is 10.2 Å². The molecule has 0 saturated carbocycles. The highest BCUT2D eigenvalue weighted by atomic mass is 32.2. The summed E-state index contributed by atoms with van der Waals surface area (Å²) in [4.78, 5) is 15.5. The van der Waals surface area contributed by atoms with Gasteiger partial charge in [-0.1, -0.05) is 6.07 Å². The fraction of sp³-hybridized carbons (Fsp3) is 0.500. The van der Waals surface area contributed by atoms with Gasteiger partial charge in [-0.2, -0.15) is 0 Å². The summed E-state index contributed by atoms with van der Waals surface area (Å²) in [5.74, 6) is 0.647. The fourth-order valence-corrected chi connectivity index (χ4v) is 3.99. The quantitative estimate of drug-likeness (QED) is 0.817. The maximum atomic E-state index is 12.2. The number of pyridine rings is 1. The van der Waals surface area contributed by atoms with E-state index < -0.39 is 9.84 Å². The zero-order valence-corrected chi connectivity index (χ0v) is 16.0. The molecule has 1 aliphatic rings. The number of hydrogen-bond donors (Lipinski definition) is 1. The molecule has 2 aromatic rings. The molecule has 0 bridgehead atoms. The van der Waals surface area contributed by atoms with Gasteiger partial charge in [-0.15, -0.1) is 0 Å². The first-order valence-electron chi connectivity index (χ1n) is 8.84. The summed E-state index contributed by atoms with van der Waals surface area (Å²) in [6, 6.07) is 5.85. The van der Waals surface area contributed by atoms with Crippen molar-refractivity contribution < 1.29 is 8.42 Å². The fourth-order valence-electron chi connectivity index (χ4n) is 3.15. The summed E-state index contributed by atoms with van der Waals surface area (Å²) < 4.78 is 24.3. The SMILES string of the molecule is CN(CCc1ccccn1)c1ncc(S(C)(=O)=O)c([C@H]2CCCNC2)n1. The summed E-state index contributed by atoms with van der Waals surface area (Å²) in [5.41, 5.74) is 1.64. The second-order valence-corrected chi connectivity index (χ2v) is 8.71. The Hall–Kier alpha value is -2.06. The van der Waals surface area contributed by atoms with Crippen molar-refractivity contribution >= 4 is 15.8 Å². The van der Waals surface area contributed by atoms with Crippen LogP contribution in [-0.2, 0) is 16.3 Å². The van der Waals surface area contributed by atoms with Crippen molar-refractivity contribution in [1.29, 1.82) is 0 Å². The largest absolute Gasteiger partial charge is 0.343 e. The minimum atomic E-state index is -3.36. The molecule has 0 aliphatic carbocycles. The number of rotatable bonds is 6. The number of nitrogens with one attached hydrogen (secondary N) is 1. The van der Waals surface area contributed by atoms with Crippen molar-refractivity contribution in [3.63, 3.8) is 0 Å². The van der Waals surface area contributed by atoms with Gasteiger partial charge in [0.05, 0.1) is 11.9 Å². The number of hydrogen-bond acceptors (Lipinski definition) is 7. The second kappa shape index (κ2) is 8.09. The molecule has 0 spiro atoms. The molecule has 1 aliphatic heterocycles. The van der Waals surface area contributed by atoms with Crippen molar-refractivity contribution in [2.75, 3.05) is 37.8 Å². The third-order valence-electron chi connectivity index (χ3n) is 4.62. The van der Waals surface area contributed by atoms with Gasteiger partial charge in [0.15, 0.2) is 9.84 Å². The first-order chi connectivity index (χ1) is 12.4. The number of anilines is 1. The van der Waals surface area contributed by atoms with E-state index >= 15 is 0 Å². The Balaban J connectivity index is 1.83. The number of sulfone groups is 1. The highest BCUT2D eigenvalue weighted by Gasteiger charge is 2.25. The molecule has 26 heavy (non-hydrogen) atoms. The van der Waals surface area contributed by atoms with E-state index in [0.29, 0.717) is 18.2 Å². The van der Waals surface area contributed by atoms with E-state index in [0.717, 1.165) is 38.0 Å². The van der Waals surface area contributed by atoms with Crippen LogP contribution in [0, 0.1) is 0 Å². The van der Waals surface area contributed by atoms with Crippen LogP contribution in [0.25, 0.3) is 0 Å². The molecule has 3 rings (SSSR count). The van der Waals surface area contributed by atoms with Crippen molar-refractivity contribution in [3.05, 3.63) is 42.0 Å². The van der Waals surface area contributed by atoms with Crippen molar-refractivity contribution in [3.8, 4) is 0 Å². The molecular formula is C18H25N5O2S. The number of likely N-dealkylation sites (N-methyl/N-ethyl adjacent to an activating group) is 1. The second-order valence-electron chi connectivity index (χ2n) is 6.73. The lowest BCUT2D eigenvalue weighted by Gasteiger charge is -2.25. The van der Waals surface area contributed by atoms with Crippen LogP contribution in [0.1, 0.15) is 30.1 Å². The maximum Gasteiger partial charge on any atom is 0.225 e. The van der Waals surface area contributed by atoms with Gasteiger partial charge in [0, 0.05) is 50.6 Å². The van der Waals surface area contributed by atoms with Crippen LogP contribution in [-0.4, -0.2) is 56.3 Å². The molecule has 2 aromatic heterocycles. The smallest absolute Gasteiger partial charge is 0.225 e. The highest BCUT2D eigenvalue weighted by Crippen LogP contribution is 2.28. The molecule has 140 valence electrons. The predicted octanol–water partition coefficient (Wildman–Crippen LogP) is 1.42. The Morgan fingerprint density at radius 1 is 1.31 bits per heavy atom. The first kappa shape index (κ1) is 18.7.